The summed E-state index contributed by atoms with van der Waals surface area (Å²) in [7, 11) is 0. The molecule has 1 fully saturated rings. The summed E-state index contributed by atoms with van der Waals surface area (Å²) in [6.07, 6.45) is 2.96. The zero-order valence-electron chi connectivity index (χ0n) is 12.4. The summed E-state index contributed by atoms with van der Waals surface area (Å²) < 4.78 is 10.7. The molecule has 0 saturated carbocycles. The quantitative estimate of drug-likeness (QED) is 0.874. The first-order chi connectivity index (χ1) is 10.7. The van der Waals surface area contributed by atoms with Gasteiger partial charge < -0.3 is 14.6 Å². The van der Waals surface area contributed by atoms with E-state index in [4.69, 9.17) is 9.26 Å². The maximum absolute atomic E-state index is 11.8. The van der Waals surface area contributed by atoms with E-state index in [9.17, 15) is 4.79 Å². The number of carbonyl (C=O) groups excluding carboxylic acids is 1. The Balaban J connectivity index is 1.44. The lowest BCUT2D eigenvalue weighted by molar-refractivity contribution is -0.121. The molecule has 0 spiro atoms. The van der Waals surface area contributed by atoms with Crippen molar-refractivity contribution in [3.05, 3.63) is 27.8 Å². The summed E-state index contributed by atoms with van der Waals surface area (Å²) in [6, 6.07) is 0. The van der Waals surface area contributed by atoms with Crippen molar-refractivity contribution in [2.45, 2.75) is 45.3 Å². The van der Waals surface area contributed by atoms with Crippen LogP contribution in [-0.4, -0.2) is 27.6 Å². The van der Waals surface area contributed by atoms with Crippen LogP contribution in [0.4, 0.5) is 0 Å². The van der Waals surface area contributed by atoms with Crippen LogP contribution < -0.4 is 5.32 Å². The van der Waals surface area contributed by atoms with Crippen LogP contribution in [0.15, 0.2) is 10.0 Å². The molecule has 1 N–H and O–H groups in total. The van der Waals surface area contributed by atoms with Crippen LogP contribution in [0.2, 0.25) is 0 Å². The van der Waals surface area contributed by atoms with Gasteiger partial charge in [-0.2, -0.15) is 4.98 Å². The maximum Gasteiger partial charge on any atom is 0.255 e. The van der Waals surface area contributed by atoms with Gasteiger partial charge in [0.25, 0.3) is 5.89 Å². The Labute approximate surface area is 132 Å². The number of carbonyl (C=O) groups is 1. The Hall–Kier alpha value is -1.80. The molecule has 0 unspecified atom stereocenters. The molecule has 1 aliphatic heterocycles. The topological polar surface area (TPSA) is 90.1 Å². The third-order valence-electron chi connectivity index (χ3n) is 3.56. The molecule has 3 rings (SSSR count). The van der Waals surface area contributed by atoms with Crippen LogP contribution in [0.5, 0.6) is 0 Å². The number of aryl methyl sites for hydroxylation is 2. The zero-order valence-corrected chi connectivity index (χ0v) is 13.2. The summed E-state index contributed by atoms with van der Waals surface area (Å²) in [6.45, 7) is 2.96. The highest BCUT2D eigenvalue weighted by atomic mass is 32.1. The van der Waals surface area contributed by atoms with E-state index in [0.717, 1.165) is 30.0 Å². The van der Waals surface area contributed by atoms with Gasteiger partial charge in [0.1, 0.15) is 6.10 Å². The number of ether oxygens (including phenoxy) is 1. The van der Waals surface area contributed by atoms with Gasteiger partial charge in [-0.1, -0.05) is 5.16 Å². The second-order valence-corrected chi connectivity index (χ2v) is 6.13. The minimum atomic E-state index is -0.0914. The number of amides is 1. The van der Waals surface area contributed by atoms with E-state index in [2.05, 4.69) is 20.4 Å². The third-order valence-corrected chi connectivity index (χ3v) is 4.55. The standard InChI is InChI=1S/C14H18N4O3S/c1-9-11(22-8-16-9)4-5-13(19)15-7-12-17-14(21-18-12)10-3-2-6-20-10/h8,10H,2-7H2,1H3,(H,15,19)/t10-/m0/s1. The van der Waals surface area contributed by atoms with Crippen LogP contribution in [0.3, 0.4) is 0 Å². The molecule has 0 radical (unpaired) electrons. The fraction of sp³-hybridized carbons (Fsp3) is 0.571. The fourth-order valence-electron chi connectivity index (χ4n) is 2.30. The summed E-state index contributed by atoms with van der Waals surface area (Å²) in [5.41, 5.74) is 2.80. The number of aromatic nitrogens is 3. The van der Waals surface area contributed by atoms with Crippen LogP contribution in [0, 0.1) is 6.92 Å². The van der Waals surface area contributed by atoms with Gasteiger partial charge in [0.05, 0.1) is 17.7 Å². The molecule has 7 nitrogen and oxygen atoms in total. The zero-order chi connectivity index (χ0) is 15.4. The largest absolute Gasteiger partial charge is 0.368 e. The molecule has 2 aromatic heterocycles. The van der Waals surface area contributed by atoms with E-state index < -0.39 is 0 Å². The Morgan fingerprint density at radius 2 is 2.45 bits per heavy atom. The lowest BCUT2D eigenvalue weighted by Crippen LogP contribution is -2.23. The molecule has 118 valence electrons. The predicted octanol–water partition coefficient (Wildman–Crippen LogP) is 1.94. The molecule has 2 aromatic rings. The summed E-state index contributed by atoms with van der Waals surface area (Å²) >= 11 is 1.58. The normalized spacial score (nSPS) is 17.8. The molecule has 0 aromatic carbocycles. The monoisotopic (exact) mass is 322 g/mol. The minimum absolute atomic E-state index is 0.0312. The lowest BCUT2D eigenvalue weighted by atomic mass is 10.2. The van der Waals surface area contributed by atoms with Crippen molar-refractivity contribution in [2.24, 2.45) is 0 Å². The molecular formula is C14H18N4O3S. The van der Waals surface area contributed by atoms with Crippen molar-refractivity contribution in [3.8, 4) is 0 Å². The average Bonchev–Trinajstić information content (AvgIpc) is 3.24. The number of thiazole rings is 1. The lowest BCUT2D eigenvalue weighted by Gasteiger charge is -2.02. The van der Waals surface area contributed by atoms with Gasteiger partial charge in [-0.25, -0.2) is 4.98 Å². The van der Waals surface area contributed by atoms with Crippen LogP contribution in [-0.2, 0) is 22.5 Å². The predicted molar refractivity (Wildman–Crippen MR) is 79.2 cm³/mol. The van der Waals surface area contributed by atoms with Gasteiger partial charge in [-0.05, 0) is 26.2 Å². The Morgan fingerprint density at radius 1 is 1.55 bits per heavy atom. The molecule has 0 aliphatic carbocycles. The Bertz CT molecular complexity index is 634. The molecule has 22 heavy (non-hydrogen) atoms. The SMILES string of the molecule is Cc1ncsc1CCC(=O)NCc1noc([C@@H]2CCCO2)n1. The first-order valence-electron chi connectivity index (χ1n) is 7.32. The van der Waals surface area contributed by atoms with E-state index in [1.54, 1.807) is 16.8 Å². The van der Waals surface area contributed by atoms with Crippen molar-refractivity contribution < 1.29 is 14.1 Å². The fourth-order valence-corrected chi connectivity index (χ4v) is 3.08. The van der Waals surface area contributed by atoms with Crippen molar-refractivity contribution in [1.82, 2.24) is 20.4 Å². The van der Waals surface area contributed by atoms with Gasteiger partial charge in [-0.3, -0.25) is 4.79 Å². The van der Waals surface area contributed by atoms with E-state index in [-0.39, 0.29) is 18.6 Å². The third kappa shape index (κ3) is 3.69. The molecular weight excluding hydrogens is 304 g/mol. The van der Waals surface area contributed by atoms with Crippen LogP contribution in [0.1, 0.15) is 47.7 Å². The number of nitrogens with zero attached hydrogens (tertiary/aromatic N) is 3. The average molecular weight is 322 g/mol. The smallest absolute Gasteiger partial charge is 0.255 e. The second-order valence-electron chi connectivity index (χ2n) is 5.19. The number of hydrogen-bond donors (Lipinski definition) is 1. The number of hydrogen-bond acceptors (Lipinski definition) is 7. The van der Waals surface area contributed by atoms with Crippen molar-refractivity contribution in [1.29, 1.82) is 0 Å². The van der Waals surface area contributed by atoms with Gasteiger partial charge in [0.2, 0.25) is 5.91 Å². The molecule has 1 aliphatic rings. The molecule has 1 amide bonds. The number of nitrogens with one attached hydrogen (secondary N) is 1. The highest BCUT2D eigenvalue weighted by Crippen LogP contribution is 2.26. The first-order valence-corrected chi connectivity index (χ1v) is 8.20. The molecule has 0 bridgehead atoms. The molecule has 1 atom stereocenters. The van der Waals surface area contributed by atoms with Gasteiger partial charge in [0.15, 0.2) is 5.82 Å². The highest BCUT2D eigenvalue weighted by molar-refractivity contribution is 7.09. The number of rotatable bonds is 6. The summed E-state index contributed by atoms with van der Waals surface area (Å²) in [5, 5.41) is 6.67. The summed E-state index contributed by atoms with van der Waals surface area (Å²) in [4.78, 5) is 21.4. The van der Waals surface area contributed by atoms with E-state index >= 15 is 0 Å². The Kier molecular flexibility index (Phi) is 4.79. The minimum Gasteiger partial charge on any atom is -0.368 e. The second kappa shape index (κ2) is 6.97. The van der Waals surface area contributed by atoms with Crippen LogP contribution >= 0.6 is 11.3 Å². The first kappa shape index (κ1) is 15.1. The van der Waals surface area contributed by atoms with Gasteiger partial charge >= 0.3 is 0 Å². The molecule has 1 saturated heterocycles. The van der Waals surface area contributed by atoms with Crippen molar-refractivity contribution in [3.63, 3.8) is 0 Å². The van der Waals surface area contributed by atoms with E-state index in [1.165, 1.54) is 0 Å². The summed E-state index contributed by atoms with van der Waals surface area (Å²) in [5.74, 6) is 0.950. The molecule has 8 heteroatoms. The van der Waals surface area contributed by atoms with Crippen LogP contribution in [0.25, 0.3) is 0 Å². The van der Waals surface area contributed by atoms with E-state index in [0.29, 0.717) is 24.6 Å². The van der Waals surface area contributed by atoms with Crippen molar-refractivity contribution in [2.75, 3.05) is 6.61 Å². The van der Waals surface area contributed by atoms with Gasteiger partial charge in [-0.15, -0.1) is 11.3 Å². The van der Waals surface area contributed by atoms with Crippen molar-refractivity contribution >= 4 is 17.2 Å². The highest BCUT2D eigenvalue weighted by Gasteiger charge is 2.23. The Morgan fingerprint density at radius 3 is 3.18 bits per heavy atom. The molecule has 3 heterocycles. The maximum atomic E-state index is 11.8. The van der Waals surface area contributed by atoms with Gasteiger partial charge in [0, 0.05) is 17.9 Å². The van der Waals surface area contributed by atoms with E-state index in [1.807, 2.05) is 6.92 Å².